The Hall–Kier alpha value is -1.55. The number of nitrogens with one attached hydrogen (secondary N) is 1. The highest BCUT2D eigenvalue weighted by atomic mass is 35.5. The van der Waals surface area contributed by atoms with Crippen molar-refractivity contribution in [3.8, 4) is 0 Å². The molecule has 1 N–H and O–H groups in total. The zero-order chi connectivity index (χ0) is 17.7. The quantitative estimate of drug-likeness (QED) is 0.812. The molecule has 25 heavy (non-hydrogen) atoms. The lowest BCUT2D eigenvalue weighted by Crippen LogP contribution is -3.11. The Kier molecular flexibility index (Phi) is 4.27. The third kappa shape index (κ3) is 2.84. The van der Waals surface area contributed by atoms with E-state index in [0.29, 0.717) is 21.5 Å². The van der Waals surface area contributed by atoms with E-state index in [4.69, 9.17) is 23.2 Å². The monoisotopic (exact) mass is 375 g/mol. The molecule has 3 atom stereocenters. The van der Waals surface area contributed by atoms with Crippen molar-refractivity contribution in [1.82, 2.24) is 0 Å². The van der Waals surface area contributed by atoms with Crippen LogP contribution in [0.3, 0.4) is 0 Å². The zero-order valence-corrected chi connectivity index (χ0v) is 15.9. The van der Waals surface area contributed by atoms with Gasteiger partial charge in [0, 0.05) is 17.1 Å². The Bertz CT molecular complexity index is 852. The molecule has 2 aliphatic rings. The van der Waals surface area contributed by atoms with Gasteiger partial charge >= 0.3 is 0 Å². The molecule has 0 aromatic heterocycles. The number of aryl methyl sites for hydroxylation is 1. The number of hydrogen-bond donors (Lipinski definition) is 1. The van der Waals surface area contributed by atoms with Crippen molar-refractivity contribution in [3.63, 3.8) is 0 Å². The van der Waals surface area contributed by atoms with Crippen molar-refractivity contribution in [2.75, 3.05) is 25.0 Å². The first kappa shape index (κ1) is 16.9. The predicted molar refractivity (Wildman–Crippen MR) is 102 cm³/mol. The second-order valence-electron chi connectivity index (χ2n) is 7.24. The minimum Gasteiger partial charge on any atom is -0.337 e. The van der Waals surface area contributed by atoms with Gasteiger partial charge in [0.1, 0.15) is 0 Å². The molecule has 2 aliphatic heterocycles. The molecule has 2 aromatic carbocycles. The van der Waals surface area contributed by atoms with Crippen LogP contribution in [0.25, 0.3) is 0 Å². The summed E-state index contributed by atoms with van der Waals surface area (Å²) in [5.74, 6) is 0.359. The number of benzene rings is 2. The number of nitrogens with zero attached hydrogens (tertiary/aromatic N) is 1. The molecule has 2 aromatic rings. The van der Waals surface area contributed by atoms with Crippen molar-refractivity contribution in [3.05, 3.63) is 63.1 Å². The largest absolute Gasteiger partial charge is 0.337 e. The molecule has 130 valence electrons. The van der Waals surface area contributed by atoms with Gasteiger partial charge in [-0.15, -0.1) is 0 Å². The van der Waals surface area contributed by atoms with E-state index >= 15 is 0 Å². The lowest BCUT2D eigenvalue weighted by molar-refractivity contribution is -0.886. The summed E-state index contributed by atoms with van der Waals surface area (Å²) in [4.78, 5) is 16.8. The van der Waals surface area contributed by atoms with Crippen molar-refractivity contribution in [2.45, 2.75) is 25.3 Å². The van der Waals surface area contributed by atoms with E-state index in [1.165, 1.54) is 16.0 Å². The average Bonchev–Trinajstić information content (AvgIpc) is 2.87. The Morgan fingerprint density at radius 1 is 1.20 bits per heavy atom. The number of amides is 1. The molecule has 0 spiro atoms. The summed E-state index contributed by atoms with van der Waals surface area (Å²) in [6.45, 7) is 4.24. The van der Waals surface area contributed by atoms with Gasteiger partial charge in [0.25, 0.3) is 5.91 Å². The molecule has 1 saturated heterocycles. The van der Waals surface area contributed by atoms with Crippen LogP contribution >= 0.6 is 23.2 Å². The van der Waals surface area contributed by atoms with Gasteiger partial charge in [0.15, 0.2) is 0 Å². The maximum atomic E-state index is 13.4. The molecule has 5 heteroatoms. The smallest absolute Gasteiger partial charge is 0.260 e. The van der Waals surface area contributed by atoms with Gasteiger partial charge in [-0.1, -0.05) is 40.9 Å². The molecule has 0 saturated carbocycles. The number of anilines is 1. The average molecular weight is 376 g/mol. The number of piperidine rings is 1. The second-order valence-corrected chi connectivity index (χ2v) is 8.08. The summed E-state index contributed by atoms with van der Waals surface area (Å²) in [6, 6.07) is 11.7. The van der Waals surface area contributed by atoms with Crippen LogP contribution in [-0.4, -0.2) is 32.1 Å². The normalized spacial score (nSPS) is 24.8. The van der Waals surface area contributed by atoms with E-state index in [9.17, 15) is 4.79 Å². The third-order valence-electron chi connectivity index (χ3n) is 5.45. The van der Waals surface area contributed by atoms with E-state index in [2.05, 4.69) is 32.2 Å². The van der Waals surface area contributed by atoms with Crippen LogP contribution in [0.1, 0.15) is 33.8 Å². The Morgan fingerprint density at radius 3 is 2.76 bits per heavy atom. The van der Waals surface area contributed by atoms with Gasteiger partial charge in [0.05, 0.1) is 42.7 Å². The van der Waals surface area contributed by atoms with E-state index in [1.54, 1.807) is 18.2 Å². The van der Waals surface area contributed by atoms with Crippen LogP contribution in [0.2, 0.25) is 10.0 Å². The molecule has 4 rings (SSSR count). The Balaban J connectivity index is 1.80. The molecule has 0 bridgehead atoms. The number of quaternary nitrogens is 1. The molecule has 1 fully saturated rings. The fourth-order valence-electron chi connectivity index (χ4n) is 4.26. The summed E-state index contributed by atoms with van der Waals surface area (Å²) < 4.78 is 0. The highest BCUT2D eigenvalue weighted by Gasteiger charge is 2.46. The highest BCUT2D eigenvalue weighted by molar-refractivity contribution is 6.37. The fraction of sp³-hybridized carbons (Fsp3) is 0.350. The first-order valence-electron chi connectivity index (χ1n) is 8.66. The minimum atomic E-state index is -0.0289. The van der Waals surface area contributed by atoms with E-state index < -0.39 is 0 Å². The lowest BCUT2D eigenvalue weighted by Gasteiger charge is -2.34. The predicted octanol–water partition coefficient (Wildman–Crippen LogP) is 3.33. The van der Waals surface area contributed by atoms with Gasteiger partial charge in [-0.3, -0.25) is 4.79 Å². The van der Waals surface area contributed by atoms with Crippen LogP contribution in [0, 0.1) is 6.92 Å². The molecule has 0 aliphatic carbocycles. The van der Waals surface area contributed by atoms with Crippen molar-refractivity contribution in [1.29, 1.82) is 0 Å². The highest BCUT2D eigenvalue weighted by Crippen LogP contribution is 2.44. The van der Waals surface area contributed by atoms with Crippen molar-refractivity contribution in [2.24, 2.45) is 0 Å². The van der Waals surface area contributed by atoms with Crippen LogP contribution < -0.4 is 9.80 Å². The van der Waals surface area contributed by atoms with E-state index in [1.807, 2.05) is 4.90 Å². The number of carbonyl (C=O) groups excluding carboxylic acids is 1. The number of hydrogen-bond acceptors (Lipinski definition) is 1. The fourth-order valence-corrected chi connectivity index (χ4v) is 4.75. The van der Waals surface area contributed by atoms with E-state index in [-0.39, 0.29) is 11.9 Å². The second kappa shape index (κ2) is 6.31. The van der Waals surface area contributed by atoms with Gasteiger partial charge in [-0.25, -0.2) is 0 Å². The Morgan fingerprint density at radius 2 is 2.00 bits per heavy atom. The molecule has 3 nitrogen and oxygen atoms in total. The molecule has 1 amide bonds. The van der Waals surface area contributed by atoms with Crippen molar-refractivity contribution < 1.29 is 9.69 Å². The molecule has 0 radical (unpaired) electrons. The van der Waals surface area contributed by atoms with Gasteiger partial charge in [-0.05, 0) is 36.8 Å². The Labute approximate surface area is 158 Å². The SMILES string of the molecule is Cc1ccc2c(c1)[C@H]1C[NH+](C)CC[C@@H]1N2C(=O)c1ccc(Cl)cc1Cl. The van der Waals surface area contributed by atoms with Crippen LogP contribution in [0.15, 0.2) is 36.4 Å². The molecular formula is C20H21Cl2N2O+. The number of rotatable bonds is 1. The first-order chi connectivity index (χ1) is 12.0. The standard InChI is InChI=1S/C20H20Cl2N2O/c1-12-3-6-18-15(9-12)16-11-23(2)8-7-19(16)24(18)20(25)14-5-4-13(21)10-17(14)22/h3-6,9-10,16,19H,7-8,11H2,1-2H3/p+1/t16-,19+/m1/s1. The lowest BCUT2D eigenvalue weighted by atomic mass is 9.88. The van der Waals surface area contributed by atoms with Crippen LogP contribution in [0.5, 0.6) is 0 Å². The number of halogens is 2. The van der Waals surface area contributed by atoms with Gasteiger partial charge in [0.2, 0.25) is 0 Å². The number of likely N-dealkylation sites (tertiary alicyclic amines) is 1. The summed E-state index contributed by atoms with van der Waals surface area (Å²) in [5, 5.41) is 0.952. The number of carbonyl (C=O) groups is 1. The van der Waals surface area contributed by atoms with E-state index in [0.717, 1.165) is 25.2 Å². The molecule has 2 heterocycles. The summed E-state index contributed by atoms with van der Waals surface area (Å²) in [7, 11) is 2.23. The maximum Gasteiger partial charge on any atom is 0.260 e. The van der Waals surface area contributed by atoms with Gasteiger partial charge in [-0.2, -0.15) is 0 Å². The number of fused-ring (bicyclic) bond motifs is 3. The van der Waals surface area contributed by atoms with Crippen molar-refractivity contribution >= 4 is 34.8 Å². The summed E-state index contributed by atoms with van der Waals surface area (Å²) in [6.07, 6.45) is 1.00. The third-order valence-corrected chi connectivity index (χ3v) is 6.00. The summed E-state index contributed by atoms with van der Waals surface area (Å²) in [5.41, 5.74) is 4.08. The summed E-state index contributed by atoms with van der Waals surface area (Å²) >= 11 is 12.3. The van der Waals surface area contributed by atoms with Crippen LogP contribution in [-0.2, 0) is 0 Å². The minimum absolute atomic E-state index is 0.0289. The zero-order valence-electron chi connectivity index (χ0n) is 14.4. The molecular weight excluding hydrogens is 355 g/mol. The molecule has 1 unspecified atom stereocenters. The van der Waals surface area contributed by atoms with Crippen LogP contribution in [0.4, 0.5) is 5.69 Å². The first-order valence-corrected chi connectivity index (χ1v) is 9.42. The number of likely N-dealkylation sites (N-methyl/N-ethyl adjacent to an activating group) is 1. The van der Waals surface area contributed by atoms with Gasteiger partial charge < -0.3 is 9.80 Å². The topological polar surface area (TPSA) is 24.8 Å². The maximum absolute atomic E-state index is 13.4.